The van der Waals surface area contributed by atoms with Gasteiger partial charge in [-0.1, -0.05) is 31.2 Å². The third-order valence-corrected chi connectivity index (χ3v) is 7.97. The molecule has 2 heterocycles. The zero-order valence-corrected chi connectivity index (χ0v) is 22.5. The van der Waals surface area contributed by atoms with E-state index in [4.69, 9.17) is 4.74 Å². The van der Waals surface area contributed by atoms with Crippen LogP contribution in [0.4, 0.5) is 4.79 Å². The van der Waals surface area contributed by atoms with E-state index in [1.54, 1.807) is 4.90 Å². The topological polar surface area (TPSA) is 103 Å². The number of carbonyl (C=O) groups excluding carboxylic acids is 3. The average molecular weight is 509 g/mol. The number of nitrogens with zero attached hydrogens (tertiary/aromatic N) is 3. The van der Waals surface area contributed by atoms with Crippen LogP contribution in [0.15, 0.2) is 24.3 Å². The van der Waals surface area contributed by atoms with Crippen molar-refractivity contribution in [2.75, 3.05) is 13.1 Å². The zero-order valence-electron chi connectivity index (χ0n) is 22.5. The van der Waals surface area contributed by atoms with Gasteiger partial charge in [-0.15, -0.1) is 0 Å². The molecular formula is C29H40N4O4. The molecule has 1 aromatic carbocycles. The van der Waals surface area contributed by atoms with Crippen LogP contribution in [0.1, 0.15) is 83.3 Å². The first kappa shape index (κ1) is 27.0. The van der Waals surface area contributed by atoms with Crippen LogP contribution in [0.2, 0.25) is 0 Å². The molecule has 2 aliphatic heterocycles. The van der Waals surface area contributed by atoms with Gasteiger partial charge in [0.2, 0.25) is 11.8 Å². The normalized spacial score (nSPS) is 24.5. The molecule has 1 aliphatic carbocycles. The Morgan fingerprint density at radius 3 is 2.38 bits per heavy atom. The number of amides is 3. The fourth-order valence-corrected chi connectivity index (χ4v) is 6.14. The highest BCUT2D eigenvalue weighted by Crippen LogP contribution is 2.43. The van der Waals surface area contributed by atoms with Crippen molar-refractivity contribution in [2.24, 2.45) is 5.92 Å². The van der Waals surface area contributed by atoms with Crippen LogP contribution < -0.4 is 5.32 Å². The molecule has 8 heteroatoms. The molecule has 3 fully saturated rings. The smallest absolute Gasteiger partial charge is 0.411 e. The number of rotatable bonds is 6. The molecule has 0 radical (unpaired) electrons. The number of hydrogen-bond acceptors (Lipinski definition) is 5. The number of hydrogen-bond donors (Lipinski definition) is 1. The summed E-state index contributed by atoms with van der Waals surface area (Å²) in [6, 6.07) is 9.25. The van der Waals surface area contributed by atoms with Gasteiger partial charge in [-0.25, -0.2) is 4.79 Å². The van der Waals surface area contributed by atoms with Crippen molar-refractivity contribution in [1.29, 1.82) is 5.26 Å². The lowest BCUT2D eigenvalue weighted by atomic mass is 9.88. The van der Waals surface area contributed by atoms with Crippen molar-refractivity contribution in [3.63, 3.8) is 0 Å². The van der Waals surface area contributed by atoms with Crippen LogP contribution in [0.25, 0.3) is 0 Å². The van der Waals surface area contributed by atoms with E-state index in [9.17, 15) is 19.6 Å². The lowest BCUT2D eigenvalue weighted by Crippen LogP contribution is -2.55. The predicted octanol–water partition coefficient (Wildman–Crippen LogP) is 4.14. The second-order valence-corrected chi connectivity index (χ2v) is 11.7. The molecule has 1 N–H and O–H groups in total. The van der Waals surface area contributed by atoms with E-state index in [0.29, 0.717) is 18.8 Å². The van der Waals surface area contributed by atoms with Gasteiger partial charge in [0.15, 0.2) is 0 Å². The monoisotopic (exact) mass is 508 g/mol. The molecule has 3 aliphatic rings. The number of fused-ring (bicyclic) bond motifs is 2. The summed E-state index contributed by atoms with van der Waals surface area (Å²) in [5, 5.41) is 12.7. The summed E-state index contributed by atoms with van der Waals surface area (Å²) in [7, 11) is 0. The lowest BCUT2D eigenvalue weighted by molar-refractivity contribution is -0.132. The van der Waals surface area contributed by atoms with Crippen LogP contribution in [-0.2, 0) is 20.7 Å². The van der Waals surface area contributed by atoms with Crippen LogP contribution in [0.5, 0.6) is 0 Å². The Hall–Kier alpha value is -3.08. The van der Waals surface area contributed by atoms with E-state index >= 15 is 0 Å². The summed E-state index contributed by atoms with van der Waals surface area (Å²) >= 11 is 0. The van der Waals surface area contributed by atoms with E-state index in [2.05, 4.69) is 23.5 Å². The molecule has 0 spiro atoms. The molecule has 4 rings (SSSR count). The van der Waals surface area contributed by atoms with Crippen LogP contribution >= 0.6 is 0 Å². The predicted molar refractivity (Wildman–Crippen MR) is 140 cm³/mol. The quantitative estimate of drug-likeness (QED) is 0.622. The summed E-state index contributed by atoms with van der Waals surface area (Å²) in [4.78, 5) is 41.7. The number of ether oxygens (including phenoxy) is 1. The summed E-state index contributed by atoms with van der Waals surface area (Å²) in [5.74, 6) is 0.487. The highest BCUT2D eigenvalue weighted by molar-refractivity contribution is 5.87. The van der Waals surface area contributed by atoms with Gasteiger partial charge in [0.1, 0.15) is 17.7 Å². The van der Waals surface area contributed by atoms with Gasteiger partial charge >= 0.3 is 6.09 Å². The third kappa shape index (κ3) is 6.26. The minimum atomic E-state index is -0.679. The van der Waals surface area contributed by atoms with E-state index in [-0.39, 0.29) is 23.8 Å². The van der Waals surface area contributed by atoms with Gasteiger partial charge < -0.3 is 15.0 Å². The Balaban J connectivity index is 1.34. The van der Waals surface area contributed by atoms with Crippen molar-refractivity contribution in [3.05, 3.63) is 35.4 Å². The average Bonchev–Trinajstić information content (AvgIpc) is 3.49. The minimum Gasteiger partial charge on any atom is -0.444 e. The fourth-order valence-electron chi connectivity index (χ4n) is 6.14. The Morgan fingerprint density at radius 1 is 1.11 bits per heavy atom. The van der Waals surface area contributed by atoms with Gasteiger partial charge in [0.25, 0.3) is 0 Å². The van der Waals surface area contributed by atoms with Crippen LogP contribution in [-0.4, -0.2) is 64.5 Å². The first-order chi connectivity index (χ1) is 17.6. The second kappa shape index (κ2) is 11.1. The summed E-state index contributed by atoms with van der Waals surface area (Å²) in [6.45, 7) is 8.96. The number of carbonyl (C=O) groups is 3. The number of piperidine rings is 2. The highest BCUT2D eigenvalue weighted by atomic mass is 16.6. The molecule has 0 unspecified atom stereocenters. The third-order valence-electron chi connectivity index (χ3n) is 7.97. The molecule has 1 saturated carbocycles. The Kier molecular flexibility index (Phi) is 8.11. The van der Waals surface area contributed by atoms with Gasteiger partial charge in [0, 0.05) is 32.0 Å². The second-order valence-electron chi connectivity index (χ2n) is 11.7. The molecule has 37 heavy (non-hydrogen) atoms. The van der Waals surface area contributed by atoms with Crippen molar-refractivity contribution < 1.29 is 19.1 Å². The molecule has 2 saturated heterocycles. The maximum absolute atomic E-state index is 13.3. The number of nitrogens with one attached hydrogen (secondary N) is 1. The maximum atomic E-state index is 13.3. The summed E-state index contributed by atoms with van der Waals surface area (Å²) < 4.78 is 5.59. The van der Waals surface area contributed by atoms with E-state index in [1.165, 1.54) is 5.56 Å². The van der Waals surface area contributed by atoms with E-state index in [1.807, 2.05) is 44.7 Å². The molecule has 3 amide bonds. The Morgan fingerprint density at radius 2 is 1.78 bits per heavy atom. The van der Waals surface area contributed by atoms with Gasteiger partial charge in [-0.3, -0.25) is 14.5 Å². The number of nitriles is 1. The largest absolute Gasteiger partial charge is 0.444 e. The van der Waals surface area contributed by atoms with Gasteiger partial charge in [-0.2, -0.15) is 5.26 Å². The zero-order chi connectivity index (χ0) is 26.7. The number of benzene rings is 1. The molecule has 8 nitrogen and oxygen atoms in total. The van der Waals surface area contributed by atoms with Crippen LogP contribution in [0, 0.1) is 17.2 Å². The Labute approximate surface area is 220 Å². The SMILES string of the molecule is CCC(=O)N1CCC(c2ccc(C[C@@H](C#N)NC(=O)[C@@H]3[C@H]4CC[C@H](C4)N3C(=O)OC(C)(C)C)cc2)CC1. The van der Waals surface area contributed by atoms with Gasteiger partial charge in [-0.05, 0) is 75.8 Å². The summed E-state index contributed by atoms with van der Waals surface area (Å²) in [6.07, 6.45) is 5.02. The van der Waals surface area contributed by atoms with Crippen molar-refractivity contribution >= 4 is 17.9 Å². The standard InChI is InChI=1S/C29H40N4O4/c1-5-25(34)32-14-12-21(13-15-32)20-8-6-19(7-9-20)16-23(18-30)31-27(35)26-22-10-11-24(17-22)33(26)28(36)37-29(2,3)4/h6-9,21-24,26H,5,10-17H2,1-4H3,(H,31,35)/t22-,23-,24+,26-/m0/s1. The maximum Gasteiger partial charge on any atom is 0.411 e. The highest BCUT2D eigenvalue weighted by Gasteiger charge is 2.52. The molecule has 200 valence electrons. The van der Waals surface area contributed by atoms with E-state index in [0.717, 1.165) is 50.8 Å². The number of likely N-dealkylation sites (tertiary alicyclic amines) is 2. The van der Waals surface area contributed by atoms with Crippen molar-refractivity contribution in [2.45, 2.75) is 102 Å². The molecule has 4 atom stereocenters. The van der Waals surface area contributed by atoms with Crippen LogP contribution in [0.3, 0.4) is 0 Å². The molecular weight excluding hydrogens is 468 g/mol. The molecule has 2 bridgehead atoms. The van der Waals surface area contributed by atoms with Gasteiger partial charge in [0.05, 0.1) is 6.07 Å². The summed E-state index contributed by atoms with van der Waals surface area (Å²) in [5.41, 5.74) is 1.59. The first-order valence-corrected chi connectivity index (χ1v) is 13.7. The fraction of sp³-hybridized carbons (Fsp3) is 0.655. The lowest BCUT2D eigenvalue weighted by Gasteiger charge is -2.35. The van der Waals surface area contributed by atoms with E-state index < -0.39 is 23.8 Å². The van der Waals surface area contributed by atoms with Crippen molar-refractivity contribution in [3.8, 4) is 6.07 Å². The van der Waals surface area contributed by atoms with Crippen molar-refractivity contribution in [1.82, 2.24) is 15.1 Å². The first-order valence-electron chi connectivity index (χ1n) is 13.7. The Bertz CT molecular complexity index is 1030. The molecule has 0 aromatic heterocycles. The minimum absolute atomic E-state index is 0.0237. The molecule has 1 aromatic rings.